The number of hydrogen-bond donors (Lipinski definition) is 2. The zero-order valence-electron chi connectivity index (χ0n) is 17.7. The predicted molar refractivity (Wildman–Crippen MR) is 127 cm³/mol. The minimum atomic E-state index is 0. The van der Waals surface area contributed by atoms with Gasteiger partial charge in [0.1, 0.15) is 11.9 Å². The van der Waals surface area contributed by atoms with Gasteiger partial charge in [-0.2, -0.15) is 0 Å². The number of para-hydroxylation sites is 1. The molecule has 7 heteroatoms. The summed E-state index contributed by atoms with van der Waals surface area (Å²) in [4.78, 5) is 7.20. The van der Waals surface area contributed by atoms with Gasteiger partial charge >= 0.3 is 0 Å². The molecule has 160 valence electrons. The van der Waals surface area contributed by atoms with Gasteiger partial charge in [-0.25, -0.2) is 4.99 Å². The smallest absolute Gasteiger partial charge is 0.191 e. The van der Waals surface area contributed by atoms with E-state index in [2.05, 4.69) is 42.4 Å². The Morgan fingerprint density at radius 2 is 2.00 bits per heavy atom. The summed E-state index contributed by atoms with van der Waals surface area (Å²) in [7, 11) is 1.76. The summed E-state index contributed by atoms with van der Waals surface area (Å²) in [5.74, 6) is 1.81. The molecule has 1 aliphatic rings. The van der Waals surface area contributed by atoms with E-state index in [0.29, 0.717) is 12.6 Å². The second-order valence-corrected chi connectivity index (χ2v) is 7.17. The Kier molecular flexibility index (Phi) is 12.5. The average molecular weight is 504 g/mol. The van der Waals surface area contributed by atoms with Gasteiger partial charge in [-0.15, -0.1) is 24.0 Å². The molecule has 1 atom stereocenters. The van der Waals surface area contributed by atoms with Gasteiger partial charge in [-0.3, -0.25) is 0 Å². The summed E-state index contributed by atoms with van der Waals surface area (Å²) in [6, 6.07) is 8.57. The molecule has 0 saturated carbocycles. The molecular formula is C21H37IN4O2. The van der Waals surface area contributed by atoms with E-state index in [0.717, 1.165) is 62.9 Å². The van der Waals surface area contributed by atoms with E-state index in [9.17, 15) is 0 Å². The van der Waals surface area contributed by atoms with Gasteiger partial charge in [-0.1, -0.05) is 18.2 Å². The maximum atomic E-state index is 6.03. The van der Waals surface area contributed by atoms with Crippen molar-refractivity contribution in [3.05, 3.63) is 29.8 Å². The van der Waals surface area contributed by atoms with Crippen LogP contribution in [0.2, 0.25) is 0 Å². The van der Waals surface area contributed by atoms with Crippen LogP contribution in [0.5, 0.6) is 5.75 Å². The van der Waals surface area contributed by atoms with Crippen molar-refractivity contribution in [1.82, 2.24) is 15.5 Å². The van der Waals surface area contributed by atoms with Crippen LogP contribution in [0.15, 0.2) is 29.3 Å². The lowest BCUT2D eigenvalue weighted by Gasteiger charge is -2.33. The van der Waals surface area contributed by atoms with Gasteiger partial charge in [0.2, 0.25) is 0 Å². The molecule has 1 aromatic carbocycles. The zero-order valence-corrected chi connectivity index (χ0v) is 20.1. The summed E-state index contributed by atoms with van der Waals surface area (Å²) in [5.41, 5.74) is 1.15. The van der Waals surface area contributed by atoms with Crippen molar-refractivity contribution in [2.24, 2.45) is 4.99 Å². The second kappa shape index (κ2) is 14.0. The second-order valence-electron chi connectivity index (χ2n) is 7.17. The number of halogens is 1. The van der Waals surface area contributed by atoms with E-state index >= 15 is 0 Å². The quantitative estimate of drug-likeness (QED) is 0.308. The van der Waals surface area contributed by atoms with Gasteiger partial charge in [-0.05, 0) is 45.2 Å². The van der Waals surface area contributed by atoms with Gasteiger partial charge < -0.3 is 25.0 Å². The first-order chi connectivity index (χ1) is 13.1. The molecule has 0 aromatic heterocycles. The summed E-state index contributed by atoms with van der Waals surface area (Å²) < 4.78 is 11.2. The number of piperidine rings is 1. The van der Waals surface area contributed by atoms with E-state index in [1.165, 1.54) is 0 Å². The lowest BCUT2D eigenvalue weighted by Crippen LogP contribution is -2.49. The van der Waals surface area contributed by atoms with E-state index < -0.39 is 0 Å². The molecule has 1 aliphatic heterocycles. The average Bonchev–Trinajstić information content (AvgIpc) is 2.67. The van der Waals surface area contributed by atoms with E-state index in [1.807, 2.05) is 18.2 Å². The molecule has 1 aromatic rings. The Balaban J connectivity index is 0.00000392. The first-order valence-electron chi connectivity index (χ1n) is 10.1. The van der Waals surface area contributed by atoms with Crippen molar-refractivity contribution in [2.75, 3.05) is 46.4 Å². The Bertz CT molecular complexity index is 577. The summed E-state index contributed by atoms with van der Waals surface area (Å²) in [5, 5.41) is 6.95. The van der Waals surface area contributed by atoms with Crippen molar-refractivity contribution in [1.29, 1.82) is 0 Å². The Morgan fingerprint density at radius 3 is 2.64 bits per heavy atom. The molecule has 28 heavy (non-hydrogen) atoms. The molecule has 2 rings (SSSR count). The van der Waals surface area contributed by atoms with Crippen molar-refractivity contribution in [3.8, 4) is 5.75 Å². The highest BCUT2D eigenvalue weighted by Gasteiger charge is 2.19. The summed E-state index contributed by atoms with van der Waals surface area (Å²) in [6.45, 7) is 11.7. The topological polar surface area (TPSA) is 58.1 Å². The molecule has 0 aliphatic carbocycles. The standard InChI is InChI=1S/C21H36N4O2.HI/c1-5-22-21(24-19-10-12-25(13-11-19)14-15-26-4)23-16-18(3)27-20-9-7-6-8-17(20)2;/h6-9,18-19H,5,10-16H2,1-4H3,(H2,22,23,24);1H. The van der Waals surface area contributed by atoms with E-state index in [1.54, 1.807) is 7.11 Å². The lowest BCUT2D eigenvalue weighted by atomic mass is 10.1. The molecule has 6 nitrogen and oxygen atoms in total. The van der Waals surface area contributed by atoms with Crippen molar-refractivity contribution < 1.29 is 9.47 Å². The predicted octanol–water partition coefficient (Wildman–Crippen LogP) is 3.05. The fourth-order valence-electron chi connectivity index (χ4n) is 3.20. The third-order valence-electron chi connectivity index (χ3n) is 4.81. The number of methoxy groups -OCH3 is 1. The van der Waals surface area contributed by atoms with Crippen LogP contribution in [0, 0.1) is 6.92 Å². The molecule has 0 radical (unpaired) electrons. The number of hydrogen-bond acceptors (Lipinski definition) is 4. The fourth-order valence-corrected chi connectivity index (χ4v) is 3.20. The highest BCUT2D eigenvalue weighted by molar-refractivity contribution is 14.0. The van der Waals surface area contributed by atoms with Crippen LogP contribution in [0.1, 0.15) is 32.3 Å². The van der Waals surface area contributed by atoms with Crippen LogP contribution >= 0.6 is 24.0 Å². The van der Waals surface area contributed by atoms with Crippen molar-refractivity contribution >= 4 is 29.9 Å². The van der Waals surface area contributed by atoms with Crippen LogP contribution in [0.25, 0.3) is 0 Å². The highest BCUT2D eigenvalue weighted by atomic mass is 127. The minimum Gasteiger partial charge on any atom is -0.489 e. The first kappa shape index (κ1) is 25.0. The Hall–Kier alpha value is -1.06. The molecule has 2 N–H and O–H groups in total. The molecule has 1 unspecified atom stereocenters. The monoisotopic (exact) mass is 504 g/mol. The maximum absolute atomic E-state index is 6.03. The van der Waals surface area contributed by atoms with E-state index in [-0.39, 0.29) is 30.1 Å². The number of likely N-dealkylation sites (tertiary alicyclic amines) is 1. The molecule has 1 heterocycles. The van der Waals surface area contributed by atoms with Gasteiger partial charge in [0.15, 0.2) is 5.96 Å². The number of nitrogens with one attached hydrogen (secondary N) is 2. The molecule has 1 saturated heterocycles. The Labute approximate surface area is 187 Å². The molecule has 0 bridgehead atoms. The number of aryl methyl sites for hydroxylation is 1. The normalized spacial score (nSPS) is 16.9. The van der Waals surface area contributed by atoms with Crippen LogP contribution in [0.3, 0.4) is 0 Å². The number of ether oxygens (including phenoxy) is 2. The number of nitrogens with zero attached hydrogens (tertiary/aromatic N) is 2. The number of aliphatic imine (C=N–C) groups is 1. The molecule has 0 amide bonds. The van der Waals surface area contributed by atoms with Crippen LogP contribution in [-0.2, 0) is 4.74 Å². The van der Waals surface area contributed by atoms with Gasteiger partial charge in [0.05, 0.1) is 13.2 Å². The molecule has 0 spiro atoms. The minimum absolute atomic E-state index is 0. The summed E-state index contributed by atoms with van der Waals surface area (Å²) >= 11 is 0. The zero-order chi connectivity index (χ0) is 19.5. The SMILES string of the molecule is CCNC(=NCC(C)Oc1ccccc1C)NC1CCN(CCOC)CC1.I. The maximum Gasteiger partial charge on any atom is 0.191 e. The van der Waals surface area contributed by atoms with E-state index in [4.69, 9.17) is 14.5 Å². The lowest BCUT2D eigenvalue weighted by molar-refractivity contribution is 0.128. The fraction of sp³-hybridized carbons (Fsp3) is 0.667. The first-order valence-corrected chi connectivity index (χ1v) is 10.1. The van der Waals surface area contributed by atoms with Crippen molar-refractivity contribution in [2.45, 2.75) is 45.8 Å². The van der Waals surface area contributed by atoms with Crippen LogP contribution in [-0.4, -0.2) is 69.4 Å². The number of benzene rings is 1. The summed E-state index contributed by atoms with van der Waals surface area (Å²) in [6.07, 6.45) is 2.28. The largest absolute Gasteiger partial charge is 0.489 e. The highest BCUT2D eigenvalue weighted by Crippen LogP contribution is 2.17. The van der Waals surface area contributed by atoms with Crippen LogP contribution in [0.4, 0.5) is 0 Å². The Morgan fingerprint density at radius 1 is 1.29 bits per heavy atom. The number of rotatable bonds is 9. The van der Waals surface area contributed by atoms with Gasteiger partial charge in [0.25, 0.3) is 0 Å². The number of guanidine groups is 1. The third kappa shape index (κ3) is 8.96. The van der Waals surface area contributed by atoms with Crippen LogP contribution < -0.4 is 15.4 Å². The molecular weight excluding hydrogens is 467 g/mol. The van der Waals surface area contributed by atoms with Gasteiger partial charge in [0, 0.05) is 39.3 Å². The van der Waals surface area contributed by atoms with Crippen molar-refractivity contribution in [3.63, 3.8) is 0 Å². The molecule has 1 fully saturated rings. The third-order valence-corrected chi connectivity index (χ3v) is 4.81.